The van der Waals surface area contributed by atoms with Gasteiger partial charge in [-0.2, -0.15) is 0 Å². The van der Waals surface area contributed by atoms with Gasteiger partial charge in [-0.1, -0.05) is 23.7 Å². The molecular weight excluding hydrogens is 326 g/mol. The van der Waals surface area contributed by atoms with Gasteiger partial charge in [-0.25, -0.2) is 4.98 Å². The van der Waals surface area contributed by atoms with Crippen LogP contribution in [0.25, 0.3) is 0 Å². The number of aliphatic hydroxyl groups excluding tert-OH is 1. The van der Waals surface area contributed by atoms with Crippen LogP contribution in [-0.4, -0.2) is 34.9 Å². The first kappa shape index (κ1) is 16.9. The number of halogens is 1. The van der Waals surface area contributed by atoms with Crippen LogP contribution in [0, 0.1) is 5.92 Å². The summed E-state index contributed by atoms with van der Waals surface area (Å²) in [5.74, 6) is 1.41. The average Bonchev–Trinajstić information content (AvgIpc) is 2.63. The topological polar surface area (TPSA) is 68.6 Å². The maximum Gasteiger partial charge on any atom is 0.151 e. The van der Waals surface area contributed by atoms with E-state index in [1.807, 2.05) is 18.2 Å². The number of pyridine rings is 1. The zero-order valence-corrected chi connectivity index (χ0v) is 14.2. The second-order valence-electron chi connectivity index (χ2n) is 6.09. The van der Waals surface area contributed by atoms with Crippen LogP contribution in [-0.2, 0) is 6.54 Å². The minimum Gasteiger partial charge on any atom is -0.506 e. The van der Waals surface area contributed by atoms with Crippen molar-refractivity contribution in [3.8, 4) is 5.75 Å². The predicted octanol–water partition coefficient (Wildman–Crippen LogP) is 3.26. The third-order valence-electron chi connectivity index (χ3n) is 4.49. The van der Waals surface area contributed by atoms with Gasteiger partial charge >= 0.3 is 0 Å². The molecular formula is C18H22ClN3O2. The van der Waals surface area contributed by atoms with Crippen molar-refractivity contribution in [1.82, 2.24) is 4.98 Å². The number of hydrogen-bond donors (Lipinski definition) is 3. The van der Waals surface area contributed by atoms with Gasteiger partial charge in [-0.3, -0.25) is 0 Å². The Labute approximate surface area is 146 Å². The van der Waals surface area contributed by atoms with Gasteiger partial charge in [-0.05, 0) is 42.5 Å². The molecule has 24 heavy (non-hydrogen) atoms. The Kier molecular flexibility index (Phi) is 5.43. The summed E-state index contributed by atoms with van der Waals surface area (Å²) in [4.78, 5) is 6.77. The minimum absolute atomic E-state index is 0.0912. The molecule has 1 aliphatic heterocycles. The molecule has 2 aromatic rings. The highest BCUT2D eigenvalue weighted by Gasteiger charge is 2.21. The molecule has 0 atom stereocenters. The monoisotopic (exact) mass is 347 g/mol. The summed E-state index contributed by atoms with van der Waals surface area (Å²) < 4.78 is 0. The van der Waals surface area contributed by atoms with Gasteiger partial charge in [0.05, 0.1) is 10.7 Å². The predicted molar refractivity (Wildman–Crippen MR) is 96.7 cm³/mol. The molecule has 0 aliphatic carbocycles. The van der Waals surface area contributed by atoms with Crippen LogP contribution in [0.3, 0.4) is 0 Å². The second kappa shape index (κ2) is 7.73. The van der Waals surface area contributed by atoms with E-state index < -0.39 is 0 Å². The van der Waals surface area contributed by atoms with Crippen LogP contribution in [0.1, 0.15) is 18.4 Å². The summed E-state index contributed by atoms with van der Waals surface area (Å²) in [6.07, 6.45) is 3.75. The smallest absolute Gasteiger partial charge is 0.151 e. The summed E-state index contributed by atoms with van der Waals surface area (Å²) in [7, 11) is 0. The van der Waals surface area contributed by atoms with Crippen molar-refractivity contribution >= 4 is 23.1 Å². The quantitative estimate of drug-likeness (QED) is 0.774. The fourth-order valence-electron chi connectivity index (χ4n) is 3.01. The van der Waals surface area contributed by atoms with E-state index in [0.29, 0.717) is 17.5 Å². The SMILES string of the molecule is OCC1CCN(c2ncccc2NCc2cccc(O)c2Cl)CC1. The molecule has 0 amide bonds. The van der Waals surface area contributed by atoms with Crippen LogP contribution >= 0.6 is 11.6 Å². The Balaban J connectivity index is 1.72. The summed E-state index contributed by atoms with van der Waals surface area (Å²) in [5, 5.41) is 22.7. The lowest BCUT2D eigenvalue weighted by atomic mass is 9.98. The Bertz CT molecular complexity index is 688. The normalized spacial score (nSPS) is 15.5. The minimum atomic E-state index is 0.0912. The summed E-state index contributed by atoms with van der Waals surface area (Å²) in [6.45, 7) is 2.56. The van der Waals surface area contributed by atoms with Crippen molar-refractivity contribution in [1.29, 1.82) is 0 Å². The first-order valence-corrected chi connectivity index (χ1v) is 8.58. The highest BCUT2D eigenvalue weighted by atomic mass is 35.5. The maximum absolute atomic E-state index is 9.70. The lowest BCUT2D eigenvalue weighted by Gasteiger charge is -2.33. The molecule has 1 aromatic heterocycles. The standard InChI is InChI=1S/C18H22ClN3O2/c19-17-14(3-1-5-16(17)24)11-21-15-4-2-8-20-18(15)22-9-6-13(12-23)7-10-22/h1-5,8,13,21,23-24H,6-7,9-12H2. The number of nitrogens with one attached hydrogen (secondary N) is 1. The largest absolute Gasteiger partial charge is 0.506 e. The molecule has 5 nitrogen and oxygen atoms in total. The van der Waals surface area contributed by atoms with E-state index in [1.54, 1.807) is 18.3 Å². The molecule has 2 heterocycles. The molecule has 3 rings (SSSR count). The van der Waals surface area contributed by atoms with Gasteiger partial charge in [0.1, 0.15) is 5.75 Å². The molecule has 1 aliphatic rings. The molecule has 0 bridgehead atoms. The van der Waals surface area contributed by atoms with E-state index >= 15 is 0 Å². The van der Waals surface area contributed by atoms with Crippen molar-refractivity contribution in [2.24, 2.45) is 5.92 Å². The van der Waals surface area contributed by atoms with Gasteiger partial charge in [0.25, 0.3) is 0 Å². The van der Waals surface area contributed by atoms with E-state index in [1.165, 1.54) is 0 Å². The van der Waals surface area contributed by atoms with Crippen LogP contribution in [0.2, 0.25) is 5.02 Å². The van der Waals surface area contributed by atoms with Crippen LogP contribution in [0.5, 0.6) is 5.75 Å². The highest BCUT2D eigenvalue weighted by molar-refractivity contribution is 6.32. The van der Waals surface area contributed by atoms with Crippen molar-refractivity contribution in [3.63, 3.8) is 0 Å². The number of phenols is 1. The van der Waals surface area contributed by atoms with E-state index in [9.17, 15) is 10.2 Å². The van der Waals surface area contributed by atoms with Crippen LogP contribution < -0.4 is 10.2 Å². The number of anilines is 2. The van der Waals surface area contributed by atoms with Gasteiger partial charge in [0.15, 0.2) is 5.82 Å². The fraction of sp³-hybridized carbons (Fsp3) is 0.389. The number of benzene rings is 1. The molecule has 128 valence electrons. The number of rotatable bonds is 5. The summed E-state index contributed by atoms with van der Waals surface area (Å²) >= 11 is 6.14. The third-order valence-corrected chi connectivity index (χ3v) is 4.92. The molecule has 0 saturated carbocycles. The molecule has 3 N–H and O–H groups in total. The number of phenolic OH excluding ortho intramolecular Hbond substituents is 1. The van der Waals surface area contributed by atoms with E-state index in [2.05, 4.69) is 15.2 Å². The number of nitrogens with zero attached hydrogens (tertiary/aromatic N) is 2. The number of aromatic nitrogens is 1. The van der Waals surface area contributed by atoms with Crippen LogP contribution in [0.4, 0.5) is 11.5 Å². The Morgan fingerprint density at radius 3 is 2.75 bits per heavy atom. The molecule has 1 saturated heterocycles. The van der Waals surface area contributed by atoms with Gasteiger partial charge in [0, 0.05) is 32.4 Å². The fourth-order valence-corrected chi connectivity index (χ4v) is 3.20. The van der Waals surface area contributed by atoms with E-state index in [4.69, 9.17) is 11.6 Å². The third kappa shape index (κ3) is 3.74. The van der Waals surface area contributed by atoms with Gasteiger partial charge in [-0.15, -0.1) is 0 Å². The zero-order valence-electron chi connectivity index (χ0n) is 13.5. The Hall–Kier alpha value is -1.98. The van der Waals surface area contributed by atoms with Gasteiger partial charge < -0.3 is 20.4 Å². The van der Waals surface area contributed by atoms with Crippen molar-refractivity contribution in [3.05, 3.63) is 47.1 Å². The Morgan fingerprint density at radius 1 is 1.21 bits per heavy atom. The molecule has 0 radical (unpaired) electrons. The van der Waals surface area contributed by atoms with Crippen LogP contribution in [0.15, 0.2) is 36.5 Å². The maximum atomic E-state index is 9.70. The molecule has 0 spiro atoms. The number of piperidine rings is 1. The number of aromatic hydroxyl groups is 1. The number of aliphatic hydroxyl groups is 1. The summed E-state index contributed by atoms with van der Waals surface area (Å²) in [6, 6.07) is 9.14. The van der Waals surface area contributed by atoms with E-state index in [-0.39, 0.29) is 12.4 Å². The first-order chi connectivity index (χ1) is 11.7. The summed E-state index contributed by atoms with van der Waals surface area (Å²) in [5.41, 5.74) is 1.78. The highest BCUT2D eigenvalue weighted by Crippen LogP contribution is 2.30. The van der Waals surface area contributed by atoms with E-state index in [0.717, 1.165) is 43.0 Å². The molecule has 6 heteroatoms. The lowest BCUT2D eigenvalue weighted by molar-refractivity contribution is 0.203. The van der Waals surface area contributed by atoms with Crippen molar-refractivity contribution < 1.29 is 10.2 Å². The molecule has 0 unspecified atom stereocenters. The molecule has 1 fully saturated rings. The van der Waals surface area contributed by atoms with Crippen molar-refractivity contribution in [2.75, 3.05) is 29.9 Å². The second-order valence-corrected chi connectivity index (χ2v) is 6.47. The lowest BCUT2D eigenvalue weighted by Crippen LogP contribution is -2.35. The molecule has 1 aromatic carbocycles. The van der Waals surface area contributed by atoms with Crippen molar-refractivity contribution in [2.45, 2.75) is 19.4 Å². The average molecular weight is 348 g/mol. The zero-order chi connectivity index (χ0) is 16.9. The number of hydrogen-bond acceptors (Lipinski definition) is 5. The van der Waals surface area contributed by atoms with Gasteiger partial charge in [0.2, 0.25) is 0 Å². The first-order valence-electron chi connectivity index (χ1n) is 8.20. The Morgan fingerprint density at radius 2 is 2.00 bits per heavy atom.